The number of rotatable bonds is 8. The lowest BCUT2D eigenvalue weighted by Crippen LogP contribution is -2.49. The van der Waals surface area contributed by atoms with Crippen molar-refractivity contribution in [1.29, 1.82) is 0 Å². The van der Waals surface area contributed by atoms with Crippen LogP contribution in [0.2, 0.25) is 0 Å². The van der Waals surface area contributed by atoms with Crippen LogP contribution in [0.5, 0.6) is 5.75 Å². The highest BCUT2D eigenvalue weighted by molar-refractivity contribution is 7.92. The van der Waals surface area contributed by atoms with E-state index in [0.717, 1.165) is 23.3 Å². The molecule has 1 aliphatic rings. The molecule has 5 aromatic carbocycles. The molecule has 6 rings (SSSR count). The van der Waals surface area contributed by atoms with Crippen molar-refractivity contribution in [3.63, 3.8) is 0 Å². The van der Waals surface area contributed by atoms with Crippen molar-refractivity contribution in [2.75, 3.05) is 21.6 Å². The van der Waals surface area contributed by atoms with Gasteiger partial charge in [0.1, 0.15) is 11.9 Å². The zero-order valence-electron chi connectivity index (χ0n) is 25.4. The van der Waals surface area contributed by atoms with Crippen LogP contribution in [0.4, 0.5) is 30.2 Å². The third kappa shape index (κ3) is 6.52. The summed E-state index contributed by atoms with van der Waals surface area (Å²) in [6, 6.07) is 31.8. The highest BCUT2D eigenvalue weighted by atomic mass is 32.2. The van der Waals surface area contributed by atoms with Gasteiger partial charge in [0.2, 0.25) is 0 Å². The zero-order chi connectivity index (χ0) is 33.3. The minimum Gasteiger partial charge on any atom is -0.497 e. The van der Waals surface area contributed by atoms with Crippen LogP contribution in [0, 0.1) is 6.92 Å². The summed E-state index contributed by atoms with van der Waals surface area (Å²) in [5.74, 6) is -0.0600. The molecule has 1 atom stereocenters. The van der Waals surface area contributed by atoms with E-state index in [0.29, 0.717) is 22.8 Å². The first-order valence-corrected chi connectivity index (χ1v) is 16.1. The van der Waals surface area contributed by atoms with Crippen molar-refractivity contribution in [2.24, 2.45) is 0 Å². The standard InChI is InChI=1S/C36H30F3N3O4S/c1-24-11-13-28(14-12-24)40-47(44,45)31-19-20-33-32(22-31)35(43)42(29-15-17-30(46-2)18-16-29)34(41(33)23-25-7-4-3-5-8-25)26-9-6-10-27(21-26)36(37,38)39/h3-22,34,40H,23H2,1-2H3/t34-/m1/s1. The molecule has 0 saturated carbocycles. The normalized spacial score (nSPS) is 14.9. The smallest absolute Gasteiger partial charge is 0.416 e. The van der Waals surface area contributed by atoms with Crippen molar-refractivity contribution in [3.05, 3.63) is 149 Å². The number of nitrogens with one attached hydrogen (secondary N) is 1. The fourth-order valence-electron chi connectivity index (χ4n) is 5.61. The van der Waals surface area contributed by atoms with Crippen LogP contribution in [0.1, 0.15) is 38.8 Å². The monoisotopic (exact) mass is 657 g/mol. The van der Waals surface area contributed by atoms with Gasteiger partial charge < -0.3 is 9.64 Å². The van der Waals surface area contributed by atoms with E-state index in [-0.39, 0.29) is 22.6 Å². The number of benzene rings is 5. The number of anilines is 3. The molecule has 1 N–H and O–H groups in total. The van der Waals surface area contributed by atoms with E-state index in [1.54, 1.807) is 54.6 Å². The molecule has 0 fully saturated rings. The number of sulfonamides is 1. The number of methoxy groups -OCH3 is 1. The zero-order valence-corrected chi connectivity index (χ0v) is 26.2. The Kier molecular flexibility index (Phi) is 8.42. The molecular formula is C36H30F3N3O4S. The van der Waals surface area contributed by atoms with Crippen molar-refractivity contribution >= 4 is 33.0 Å². The topological polar surface area (TPSA) is 78.9 Å². The van der Waals surface area contributed by atoms with E-state index in [4.69, 9.17) is 4.74 Å². The fourth-order valence-corrected chi connectivity index (χ4v) is 6.69. The summed E-state index contributed by atoms with van der Waals surface area (Å²) in [5, 5.41) is 0. The molecule has 47 heavy (non-hydrogen) atoms. The van der Waals surface area contributed by atoms with Gasteiger partial charge in [0.25, 0.3) is 15.9 Å². The second-order valence-corrected chi connectivity index (χ2v) is 12.8. The van der Waals surface area contributed by atoms with Crippen LogP contribution < -0.4 is 19.3 Å². The lowest BCUT2D eigenvalue weighted by Gasteiger charge is -2.46. The first-order chi connectivity index (χ1) is 22.4. The molecule has 1 heterocycles. The van der Waals surface area contributed by atoms with E-state index in [2.05, 4.69) is 4.72 Å². The summed E-state index contributed by atoms with van der Waals surface area (Å²) in [7, 11) is -2.62. The summed E-state index contributed by atoms with van der Waals surface area (Å²) in [6.45, 7) is 2.08. The lowest BCUT2D eigenvalue weighted by molar-refractivity contribution is -0.137. The number of hydrogen-bond donors (Lipinski definition) is 1. The molecule has 0 spiro atoms. The maximum atomic E-state index is 14.5. The van der Waals surface area contributed by atoms with E-state index in [9.17, 15) is 26.4 Å². The van der Waals surface area contributed by atoms with Gasteiger partial charge in [-0.1, -0.05) is 60.2 Å². The summed E-state index contributed by atoms with van der Waals surface area (Å²) in [4.78, 5) is 17.6. The molecule has 0 bridgehead atoms. The molecular weight excluding hydrogens is 627 g/mol. The van der Waals surface area contributed by atoms with Gasteiger partial charge in [-0.05, 0) is 84.8 Å². The quantitative estimate of drug-likeness (QED) is 0.182. The Bertz CT molecular complexity index is 2020. The average molecular weight is 658 g/mol. The van der Waals surface area contributed by atoms with Crippen LogP contribution in [0.25, 0.3) is 0 Å². The van der Waals surface area contributed by atoms with E-state index in [1.807, 2.05) is 42.2 Å². The van der Waals surface area contributed by atoms with Crippen molar-refractivity contribution in [3.8, 4) is 5.75 Å². The second-order valence-electron chi connectivity index (χ2n) is 11.1. The minimum absolute atomic E-state index is 0.0757. The van der Waals surface area contributed by atoms with Gasteiger partial charge in [-0.25, -0.2) is 8.42 Å². The van der Waals surface area contributed by atoms with Crippen molar-refractivity contribution in [2.45, 2.75) is 30.7 Å². The molecule has 1 amide bonds. The van der Waals surface area contributed by atoms with E-state index in [1.165, 1.54) is 36.3 Å². The van der Waals surface area contributed by atoms with Gasteiger partial charge in [0.15, 0.2) is 0 Å². The molecule has 0 aromatic heterocycles. The van der Waals surface area contributed by atoms with Crippen LogP contribution in [0.3, 0.4) is 0 Å². The van der Waals surface area contributed by atoms with Gasteiger partial charge in [0, 0.05) is 17.9 Å². The fraction of sp³-hybridized carbons (Fsp3) is 0.139. The first kappa shape index (κ1) is 31.7. The number of fused-ring (bicyclic) bond motifs is 1. The third-order valence-corrected chi connectivity index (χ3v) is 9.32. The molecule has 0 aliphatic carbocycles. The molecule has 240 valence electrons. The number of hydrogen-bond acceptors (Lipinski definition) is 5. The number of nitrogens with zero attached hydrogens (tertiary/aromatic N) is 2. The molecule has 0 radical (unpaired) electrons. The highest BCUT2D eigenvalue weighted by Crippen LogP contribution is 2.44. The summed E-state index contributed by atoms with van der Waals surface area (Å²) >= 11 is 0. The SMILES string of the molecule is COc1ccc(N2C(=O)c3cc(S(=O)(=O)Nc4ccc(C)cc4)ccc3N(Cc3ccccc3)[C@H]2c2cccc(C(F)(F)F)c2)cc1. The van der Waals surface area contributed by atoms with Gasteiger partial charge >= 0.3 is 6.18 Å². The molecule has 0 saturated heterocycles. The van der Waals surface area contributed by atoms with Crippen molar-refractivity contribution in [1.82, 2.24) is 0 Å². The largest absolute Gasteiger partial charge is 0.497 e. The molecule has 5 aromatic rings. The Hall–Kier alpha value is -5.29. The maximum Gasteiger partial charge on any atom is 0.416 e. The number of alkyl halides is 3. The summed E-state index contributed by atoms with van der Waals surface area (Å²) in [6.07, 6.45) is -5.64. The number of carbonyl (C=O) groups excluding carboxylic acids is 1. The summed E-state index contributed by atoms with van der Waals surface area (Å²) < 4.78 is 76.8. The summed E-state index contributed by atoms with van der Waals surface area (Å²) in [5.41, 5.74) is 2.35. The number of ether oxygens (including phenoxy) is 1. The number of amides is 1. The number of aryl methyl sites for hydroxylation is 1. The van der Waals surface area contributed by atoms with Gasteiger partial charge in [-0.15, -0.1) is 0 Å². The maximum absolute atomic E-state index is 14.5. The van der Waals surface area contributed by atoms with Crippen molar-refractivity contribution < 1.29 is 31.1 Å². The Morgan fingerprint density at radius 1 is 0.830 bits per heavy atom. The minimum atomic E-state index is -4.62. The third-order valence-electron chi connectivity index (χ3n) is 7.94. The van der Waals surface area contributed by atoms with Crippen LogP contribution in [0.15, 0.2) is 126 Å². The molecule has 7 nitrogen and oxygen atoms in total. The first-order valence-electron chi connectivity index (χ1n) is 14.6. The van der Waals surface area contributed by atoms with Crippen LogP contribution in [-0.4, -0.2) is 21.4 Å². The van der Waals surface area contributed by atoms with E-state index < -0.39 is 33.8 Å². The second kappa shape index (κ2) is 12.5. The Morgan fingerprint density at radius 3 is 2.19 bits per heavy atom. The van der Waals surface area contributed by atoms with Crippen LogP contribution in [-0.2, 0) is 22.7 Å². The van der Waals surface area contributed by atoms with E-state index >= 15 is 0 Å². The molecule has 11 heteroatoms. The van der Waals surface area contributed by atoms with Crippen LogP contribution >= 0.6 is 0 Å². The average Bonchev–Trinajstić information content (AvgIpc) is 3.07. The predicted octanol–water partition coefficient (Wildman–Crippen LogP) is 8.19. The van der Waals surface area contributed by atoms with Gasteiger partial charge in [0.05, 0.1) is 28.8 Å². The highest BCUT2D eigenvalue weighted by Gasteiger charge is 2.41. The van der Waals surface area contributed by atoms with Gasteiger partial charge in [-0.2, -0.15) is 13.2 Å². The lowest BCUT2D eigenvalue weighted by atomic mass is 9.98. The Labute approximate surface area is 270 Å². The Morgan fingerprint density at radius 2 is 1.53 bits per heavy atom. The predicted molar refractivity (Wildman–Crippen MR) is 175 cm³/mol. The molecule has 1 aliphatic heterocycles. The molecule has 0 unspecified atom stereocenters. The Balaban J connectivity index is 1.54. The number of halogens is 3. The van der Waals surface area contributed by atoms with Gasteiger partial charge in [-0.3, -0.25) is 14.4 Å². The number of carbonyl (C=O) groups is 1.